The summed E-state index contributed by atoms with van der Waals surface area (Å²) in [5, 5.41) is 9.65. The summed E-state index contributed by atoms with van der Waals surface area (Å²) in [6, 6.07) is 8.17. The van der Waals surface area contributed by atoms with E-state index in [9.17, 15) is 4.79 Å². The third-order valence-electron chi connectivity index (χ3n) is 6.62. The molecule has 1 fully saturated rings. The highest BCUT2D eigenvalue weighted by Crippen LogP contribution is 2.32. The normalized spacial score (nSPS) is 17.8. The largest absolute Gasteiger partial charge is 0.376 e. The molecule has 4 heterocycles. The summed E-state index contributed by atoms with van der Waals surface area (Å²) in [5.41, 5.74) is 2.86. The van der Waals surface area contributed by atoms with E-state index in [1.165, 1.54) is 17.0 Å². The van der Waals surface area contributed by atoms with E-state index in [0.717, 1.165) is 30.4 Å². The van der Waals surface area contributed by atoms with Crippen LogP contribution in [0.4, 0.5) is 8.78 Å². The molecule has 2 aliphatic rings. The molecule has 2 aromatic heterocycles. The van der Waals surface area contributed by atoms with E-state index in [-0.39, 0.29) is 30.7 Å². The fraction of sp³-hybridized carbons (Fsp3) is 0.320. The number of aryl methyl sites for hydroxylation is 1. The van der Waals surface area contributed by atoms with E-state index in [1.54, 1.807) is 28.7 Å². The first-order valence-electron chi connectivity index (χ1n) is 11.3. The number of ether oxygens (including phenoxy) is 1. The third kappa shape index (κ3) is 3.47. The second-order valence-corrected chi connectivity index (χ2v) is 8.96. The van der Waals surface area contributed by atoms with Gasteiger partial charge in [0.25, 0.3) is 5.91 Å². The standard InChI is InChI=1S/C25H23F2N5O2/c1-30-11-15-4-2-6-19(23(15)29-30)16-8-21(26)20(22(27)9-16)14-31-12-17-10-28-32(24(17)25(31)33)13-18-5-3-7-34-18/h2,4,6,8-11,18H,3,5,7,12-14H2,1H3. The lowest BCUT2D eigenvalue weighted by molar-refractivity contribution is 0.0732. The maximum atomic E-state index is 15.1. The molecule has 4 aromatic rings. The second-order valence-electron chi connectivity index (χ2n) is 8.96. The van der Waals surface area contributed by atoms with Gasteiger partial charge in [0, 0.05) is 41.9 Å². The predicted molar refractivity (Wildman–Crippen MR) is 121 cm³/mol. The molecule has 34 heavy (non-hydrogen) atoms. The van der Waals surface area contributed by atoms with Gasteiger partial charge in [0.2, 0.25) is 0 Å². The number of hydrogen-bond donors (Lipinski definition) is 0. The minimum absolute atomic E-state index is 0.0387. The van der Waals surface area contributed by atoms with Gasteiger partial charge >= 0.3 is 0 Å². The molecule has 2 aromatic carbocycles. The number of carbonyl (C=O) groups is 1. The van der Waals surface area contributed by atoms with Crippen molar-refractivity contribution in [1.29, 1.82) is 0 Å². The Labute approximate surface area is 194 Å². The van der Waals surface area contributed by atoms with Crippen LogP contribution in [0.25, 0.3) is 22.0 Å². The van der Waals surface area contributed by atoms with Gasteiger partial charge in [0.05, 0.1) is 31.9 Å². The van der Waals surface area contributed by atoms with Crippen molar-refractivity contribution in [1.82, 2.24) is 24.5 Å². The van der Waals surface area contributed by atoms with Crippen molar-refractivity contribution in [2.75, 3.05) is 6.61 Å². The molecule has 0 aliphatic carbocycles. The predicted octanol–water partition coefficient (Wildman–Crippen LogP) is 4.05. The summed E-state index contributed by atoms with van der Waals surface area (Å²) >= 11 is 0. The van der Waals surface area contributed by atoms with Gasteiger partial charge in [-0.3, -0.25) is 14.2 Å². The topological polar surface area (TPSA) is 65.2 Å². The van der Waals surface area contributed by atoms with Crippen LogP contribution in [0.1, 0.15) is 34.5 Å². The molecule has 0 N–H and O–H groups in total. The Hall–Kier alpha value is -3.59. The van der Waals surface area contributed by atoms with Crippen LogP contribution in [0.3, 0.4) is 0 Å². The van der Waals surface area contributed by atoms with Crippen LogP contribution < -0.4 is 0 Å². The first-order valence-corrected chi connectivity index (χ1v) is 11.3. The van der Waals surface area contributed by atoms with Gasteiger partial charge in [-0.05, 0) is 30.5 Å². The van der Waals surface area contributed by atoms with E-state index < -0.39 is 11.6 Å². The number of rotatable bonds is 5. The highest BCUT2D eigenvalue weighted by molar-refractivity contribution is 5.96. The smallest absolute Gasteiger partial charge is 0.273 e. The summed E-state index contributed by atoms with van der Waals surface area (Å²) in [5.74, 6) is -1.65. The average Bonchev–Trinajstić information content (AvgIpc) is 3.58. The molecule has 1 unspecified atom stereocenters. The Balaban J connectivity index is 1.26. The molecule has 9 heteroatoms. The van der Waals surface area contributed by atoms with Crippen LogP contribution in [-0.4, -0.2) is 43.1 Å². The number of amides is 1. The van der Waals surface area contributed by atoms with Gasteiger partial charge in [0.1, 0.15) is 22.8 Å². The second kappa shape index (κ2) is 8.02. The monoisotopic (exact) mass is 463 g/mol. The number of fused-ring (bicyclic) bond motifs is 2. The number of nitrogens with zero attached hydrogens (tertiary/aromatic N) is 5. The van der Waals surface area contributed by atoms with Gasteiger partial charge in [-0.1, -0.05) is 18.2 Å². The number of halogens is 2. The summed E-state index contributed by atoms with van der Waals surface area (Å²) in [6.07, 6.45) is 5.48. The molecule has 1 atom stereocenters. The lowest BCUT2D eigenvalue weighted by Crippen LogP contribution is -2.28. The molecule has 0 spiro atoms. The SMILES string of the molecule is Cn1cc2cccc(-c3cc(F)c(CN4Cc5cnn(CC6CCCO6)c5C4=O)c(F)c3)c2n1. The van der Waals surface area contributed by atoms with Gasteiger partial charge in [-0.15, -0.1) is 0 Å². The van der Waals surface area contributed by atoms with Crippen molar-refractivity contribution >= 4 is 16.8 Å². The highest BCUT2D eigenvalue weighted by Gasteiger charge is 2.34. The van der Waals surface area contributed by atoms with Crippen molar-refractivity contribution in [2.45, 2.75) is 38.6 Å². The van der Waals surface area contributed by atoms with Gasteiger partial charge in [0.15, 0.2) is 0 Å². The zero-order valence-electron chi connectivity index (χ0n) is 18.7. The third-order valence-corrected chi connectivity index (χ3v) is 6.62. The molecular formula is C25H23F2N5O2. The number of carbonyl (C=O) groups excluding carboxylic acids is 1. The van der Waals surface area contributed by atoms with E-state index in [0.29, 0.717) is 28.9 Å². The maximum absolute atomic E-state index is 15.1. The molecule has 7 nitrogen and oxygen atoms in total. The summed E-state index contributed by atoms with van der Waals surface area (Å²) in [7, 11) is 1.80. The molecule has 174 valence electrons. The maximum Gasteiger partial charge on any atom is 0.273 e. The van der Waals surface area contributed by atoms with Crippen LogP contribution in [0.15, 0.2) is 42.7 Å². The van der Waals surface area contributed by atoms with Crippen molar-refractivity contribution in [3.8, 4) is 11.1 Å². The fourth-order valence-electron chi connectivity index (χ4n) is 4.96. The van der Waals surface area contributed by atoms with Crippen LogP contribution in [0.5, 0.6) is 0 Å². The molecule has 0 saturated carbocycles. The van der Waals surface area contributed by atoms with Crippen molar-refractivity contribution in [3.05, 3.63) is 71.2 Å². The zero-order valence-corrected chi connectivity index (χ0v) is 18.7. The Morgan fingerprint density at radius 1 is 1.21 bits per heavy atom. The Morgan fingerprint density at radius 3 is 2.79 bits per heavy atom. The van der Waals surface area contributed by atoms with Crippen molar-refractivity contribution in [2.24, 2.45) is 7.05 Å². The molecule has 1 amide bonds. The van der Waals surface area contributed by atoms with E-state index in [2.05, 4.69) is 10.2 Å². The Morgan fingerprint density at radius 2 is 2.03 bits per heavy atom. The highest BCUT2D eigenvalue weighted by atomic mass is 19.1. The first-order chi connectivity index (χ1) is 16.5. The van der Waals surface area contributed by atoms with Crippen LogP contribution in [0, 0.1) is 11.6 Å². The van der Waals surface area contributed by atoms with Crippen LogP contribution >= 0.6 is 0 Å². The molecule has 1 saturated heterocycles. The molecule has 0 bridgehead atoms. The minimum Gasteiger partial charge on any atom is -0.376 e. The molecule has 2 aliphatic heterocycles. The molecule has 6 rings (SSSR count). The van der Waals surface area contributed by atoms with E-state index >= 15 is 8.78 Å². The number of aromatic nitrogens is 4. The average molecular weight is 463 g/mol. The fourth-order valence-corrected chi connectivity index (χ4v) is 4.96. The Kier molecular flexibility index (Phi) is 4.95. The first kappa shape index (κ1) is 21.0. The van der Waals surface area contributed by atoms with E-state index in [4.69, 9.17) is 4.74 Å². The van der Waals surface area contributed by atoms with Gasteiger partial charge < -0.3 is 9.64 Å². The minimum atomic E-state index is -0.687. The summed E-state index contributed by atoms with van der Waals surface area (Å²) in [4.78, 5) is 14.5. The van der Waals surface area contributed by atoms with Crippen LogP contribution in [0.2, 0.25) is 0 Å². The Bertz CT molecular complexity index is 1400. The molecule has 0 radical (unpaired) electrons. The van der Waals surface area contributed by atoms with Gasteiger partial charge in [-0.2, -0.15) is 10.2 Å². The summed E-state index contributed by atoms with van der Waals surface area (Å²) < 4.78 is 39.3. The number of benzene rings is 2. The quantitative estimate of drug-likeness (QED) is 0.448. The van der Waals surface area contributed by atoms with Crippen molar-refractivity contribution in [3.63, 3.8) is 0 Å². The zero-order chi connectivity index (χ0) is 23.4. The molecular weight excluding hydrogens is 440 g/mol. The van der Waals surface area contributed by atoms with Gasteiger partial charge in [-0.25, -0.2) is 8.78 Å². The van der Waals surface area contributed by atoms with E-state index in [1.807, 2.05) is 18.3 Å². The van der Waals surface area contributed by atoms with Crippen LogP contribution in [-0.2, 0) is 31.4 Å². The number of hydrogen-bond acceptors (Lipinski definition) is 4. The van der Waals surface area contributed by atoms with Crippen molar-refractivity contribution < 1.29 is 18.3 Å². The lowest BCUT2D eigenvalue weighted by atomic mass is 10.0. The summed E-state index contributed by atoms with van der Waals surface area (Å²) in [6.45, 7) is 1.34. The lowest BCUT2D eigenvalue weighted by Gasteiger charge is -2.18.